The third-order valence-corrected chi connectivity index (χ3v) is 6.01. The fourth-order valence-corrected chi connectivity index (χ4v) is 3.50. The summed E-state index contributed by atoms with van der Waals surface area (Å²) in [7, 11) is 3.50. The molecule has 2 atom stereocenters. The topological polar surface area (TPSA) is 84.6 Å². The second kappa shape index (κ2) is 8.96. The van der Waals surface area contributed by atoms with E-state index in [1.807, 2.05) is 12.1 Å². The predicted octanol–water partition coefficient (Wildman–Crippen LogP) is 3.88. The number of rotatable bonds is 5. The van der Waals surface area contributed by atoms with Crippen LogP contribution in [0.3, 0.4) is 0 Å². The lowest BCUT2D eigenvalue weighted by atomic mass is 9.56. The number of aliphatic imine (C=N–C) groups is 1. The first kappa shape index (κ1) is 22.9. The van der Waals surface area contributed by atoms with Crippen molar-refractivity contribution in [2.24, 2.45) is 10.4 Å². The van der Waals surface area contributed by atoms with E-state index in [4.69, 9.17) is 20.9 Å². The van der Waals surface area contributed by atoms with Crippen LogP contribution in [0.4, 0.5) is 0 Å². The Kier molecular flexibility index (Phi) is 7.33. The molecule has 0 bridgehead atoms. The van der Waals surface area contributed by atoms with Crippen molar-refractivity contribution >= 4 is 41.5 Å². The highest BCUT2D eigenvalue weighted by atomic mass is 127. The molecule has 1 aliphatic carbocycles. The Labute approximate surface area is 187 Å². The van der Waals surface area contributed by atoms with Crippen molar-refractivity contribution in [2.75, 3.05) is 14.2 Å². The SMILES string of the molecule is CN=C(NCc1nc(-c2cccc(Cl)c2)no1)NC1CC(C)(OC)C1(C)C.I. The molecule has 1 aliphatic rings. The number of methoxy groups -OCH3 is 1. The first-order valence-corrected chi connectivity index (χ1v) is 9.28. The summed E-state index contributed by atoms with van der Waals surface area (Å²) in [5, 5.41) is 11.3. The van der Waals surface area contributed by atoms with E-state index in [9.17, 15) is 0 Å². The Hall–Kier alpha value is -1.39. The van der Waals surface area contributed by atoms with E-state index < -0.39 is 0 Å². The van der Waals surface area contributed by atoms with Crippen molar-refractivity contribution in [1.29, 1.82) is 0 Å². The molecule has 1 saturated carbocycles. The Morgan fingerprint density at radius 1 is 1.39 bits per heavy atom. The van der Waals surface area contributed by atoms with E-state index in [-0.39, 0.29) is 41.0 Å². The normalized spacial score (nSPS) is 23.5. The average molecular weight is 520 g/mol. The van der Waals surface area contributed by atoms with Crippen LogP contribution in [0.1, 0.15) is 33.1 Å². The quantitative estimate of drug-likeness (QED) is 0.354. The van der Waals surface area contributed by atoms with Crippen LogP contribution in [0, 0.1) is 5.41 Å². The average Bonchev–Trinajstić information content (AvgIpc) is 3.13. The second-order valence-electron chi connectivity index (χ2n) is 7.51. The Morgan fingerprint density at radius 2 is 2.14 bits per heavy atom. The van der Waals surface area contributed by atoms with Crippen LogP contribution in [0.25, 0.3) is 11.4 Å². The number of nitrogens with one attached hydrogen (secondary N) is 2. The number of guanidine groups is 1. The lowest BCUT2D eigenvalue weighted by Crippen LogP contribution is -2.69. The smallest absolute Gasteiger partial charge is 0.246 e. The molecule has 1 fully saturated rings. The summed E-state index contributed by atoms with van der Waals surface area (Å²) >= 11 is 6.01. The van der Waals surface area contributed by atoms with Crippen LogP contribution < -0.4 is 10.6 Å². The maximum atomic E-state index is 6.01. The molecule has 9 heteroatoms. The zero-order chi connectivity index (χ0) is 19.7. The van der Waals surface area contributed by atoms with E-state index in [1.54, 1.807) is 26.3 Å². The zero-order valence-corrected chi connectivity index (χ0v) is 19.8. The summed E-state index contributed by atoms with van der Waals surface area (Å²) in [5.41, 5.74) is 0.668. The molecule has 28 heavy (non-hydrogen) atoms. The minimum absolute atomic E-state index is 0. The minimum Gasteiger partial charge on any atom is -0.378 e. The third kappa shape index (κ3) is 4.44. The van der Waals surface area contributed by atoms with Crippen LogP contribution >= 0.6 is 35.6 Å². The maximum absolute atomic E-state index is 6.01. The zero-order valence-electron chi connectivity index (χ0n) is 16.7. The van der Waals surface area contributed by atoms with E-state index in [1.165, 1.54) is 0 Å². The molecule has 0 saturated heterocycles. The van der Waals surface area contributed by atoms with Crippen LogP contribution in [-0.2, 0) is 11.3 Å². The van der Waals surface area contributed by atoms with Crippen molar-refractivity contribution < 1.29 is 9.26 Å². The Morgan fingerprint density at radius 3 is 2.75 bits per heavy atom. The van der Waals surface area contributed by atoms with Gasteiger partial charge in [-0.05, 0) is 25.5 Å². The molecule has 2 unspecified atom stereocenters. The van der Waals surface area contributed by atoms with Gasteiger partial charge in [-0.3, -0.25) is 4.99 Å². The molecule has 0 amide bonds. The minimum atomic E-state index is -0.137. The molecule has 7 nitrogen and oxygen atoms in total. The van der Waals surface area contributed by atoms with Gasteiger partial charge in [0.2, 0.25) is 11.7 Å². The fraction of sp³-hybridized carbons (Fsp3) is 0.526. The highest BCUT2D eigenvalue weighted by molar-refractivity contribution is 14.0. The number of ether oxygens (including phenoxy) is 1. The Balaban J connectivity index is 0.00000280. The summed E-state index contributed by atoms with van der Waals surface area (Å²) < 4.78 is 11.0. The van der Waals surface area contributed by atoms with Crippen LogP contribution in [-0.4, -0.2) is 41.9 Å². The van der Waals surface area contributed by atoms with Crippen molar-refractivity contribution in [1.82, 2.24) is 20.8 Å². The lowest BCUT2D eigenvalue weighted by Gasteiger charge is -2.59. The highest BCUT2D eigenvalue weighted by Gasteiger charge is 2.58. The number of benzene rings is 1. The molecule has 0 radical (unpaired) electrons. The van der Waals surface area contributed by atoms with Crippen LogP contribution in [0.2, 0.25) is 5.02 Å². The summed E-state index contributed by atoms with van der Waals surface area (Å²) in [4.78, 5) is 8.69. The molecule has 1 aromatic heterocycles. The van der Waals surface area contributed by atoms with Gasteiger partial charge in [0.1, 0.15) is 0 Å². The van der Waals surface area contributed by atoms with E-state index in [2.05, 4.69) is 46.5 Å². The fourth-order valence-electron chi connectivity index (χ4n) is 3.31. The standard InChI is InChI=1S/C19H26ClN5O2.HI/c1-18(2)14(10-19(18,3)26-5)23-17(21-4)22-11-15-24-16(25-27-15)12-7-6-8-13(20)9-12;/h6-9,14H,10-11H2,1-5H3,(H2,21,22,23);1H. The van der Waals surface area contributed by atoms with Gasteiger partial charge in [-0.2, -0.15) is 4.98 Å². The van der Waals surface area contributed by atoms with E-state index in [0.29, 0.717) is 29.2 Å². The van der Waals surface area contributed by atoms with Crippen molar-refractivity contribution in [3.8, 4) is 11.4 Å². The molecule has 1 heterocycles. The number of nitrogens with zero attached hydrogens (tertiary/aromatic N) is 3. The van der Waals surface area contributed by atoms with Gasteiger partial charge in [0.05, 0.1) is 12.1 Å². The number of aromatic nitrogens is 2. The van der Waals surface area contributed by atoms with Crippen LogP contribution in [0.5, 0.6) is 0 Å². The van der Waals surface area contributed by atoms with Crippen LogP contribution in [0.15, 0.2) is 33.8 Å². The summed E-state index contributed by atoms with van der Waals surface area (Å²) in [6.07, 6.45) is 0.913. The molecule has 2 aromatic rings. The van der Waals surface area contributed by atoms with Gasteiger partial charge in [-0.15, -0.1) is 24.0 Å². The van der Waals surface area contributed by atoms with Gasteiger partial charge < -0.3 is 19.9 Å². The van der Waals surface area contributed by atoms with Crippen molar-refractivity contribution in [3.05, 3.63) is 35.2 Å². The largest absolute Gasteiger partial charge is 0.378 e. The number of hydrogen-bond acceptors (Lipinski definition) is 5. The number of halogens is 2. The molecular formula is C19H27ClIN5O2. The van der Waals surface area contributed by atoms with Gasteiger partial charge in [0.15, 0.2) is 5.96 Å². The second-order valence-corrected chi connectivity index (χ2v) is 7.94. The molecular weight excluding hydrogens is 493 g/mol. The highest BCUT2D eigenvalue weighted by Crippen LogP contribution is 2.51. The van der Waals surface area contributed by atoms with E-state index >= 15 is 0 Å². The summed E-state index contributed by atoms with van der Waals surface area (Å²) in [6.45, 7) is 6.90. The van der Waals surface area contributed by atoms with Crippen molar-refractivity contribution in [3.63, 3.8) is 0 Å². The molecule has 154 valence electrons. The summed E-state index contributed by atoms with van der Waals surface area (Å²) in [5.74, 6) is 1.67. The van der Waals surface area contributed by atoms with Gasteiger partial charge >= 0.3 is 0 Å². The summed E-state index contributed by atoms with van der Waals surface area (Å²) in [6, 6.07) is 7.61. The maximum Gasteiger partial charge on any atom is 0.246 e. The first-order chi connectivity index (χ1) is 12.8. The van der Waals surface area contributed by atoms with Gasteiger partial charge in [0, 0.05) is 36.2 Å². The number of hydrogen-bond donors (Lipinski definition) is 2. The van der Waals surface area contributed by atoms with Gasteiger partial charge in [-0.1, -0.05) is 42.7 Å². The lowest BCUT2D eigenvalue weighted by molar-refractivity contribution is -0.176. The monoisotopic (exact) mass is 519 g/mol. The third-order valence-electron chi connectivity index (χ3n) is 5.77. The molecule has 1 aromatic carbocycles. The van der Waals surface area contributed by atoms with Gasteiger partial charge in [0.25, 0.3) is 0 Å². The van der Waals surface area contributed by atoms with Crippen molar-refractivity contribution in [2.45, 2.75) is 45.4 Å². The molecule has 0 aliphatic heterocycles. The van der Waals surface area contributed by atoms with E-state index in [0.717, 1.165) is 12.0 Å². The van der Waals surface area contributed by atoms with Gasteiger partial charge in [-0.25, -0.2) is 0 Å². The molecule has 0 spiro atoms. The Bertz CT molecular complexity index is 841. The predicted molar refractivity (Wildman–Crippen MR) is 121 cm³/mol. The molecule has 2 N–H and O–H groups in total. The first-order valence-electron chi connectivity index (χ1n) is 8.90. The molecule has 3 rings (SSSR count).